The van der Waals surface area contributed by atoms with Crippen LogP contribution in [0.25, 0.3) is 10.2 Å². The highest BCUT2D eigenvalue weighted by molar-refractivity contribution is 7.18. The lowest BCUT2D eigenvalue weighted by molar-refractivity contribution is 0.137. The molecular weight excluding hydrogens is 348 g/mol. The molecule has 4 heteroatoms. The van der Waals surface area contributed by atoms with Gasteiger partial charge in [-0.05, 0) is 62.1 Å². The molecule has 2 saturated heterocycles. The number of benzene rings is 2. The van der Waals surface area contributed by atoms with E-state index in [4.69, 9.17) is 16.6 Å². The second kappa shape index (κ2) is 6.08. The molecule has 2 unspecified atom stereocenters. The van der Waals surface area contributed by atoms with E-state index in [1.807, 2.05) is 23.5 Å². The zero-order valence-corrected chi connectivity index (χ0v) is 15.8. The van der Waals surface area contributed by atoms with E-state index in [9.17, 15) is 0 Å². The maximum absolute atomic E-state index is 6.13. The number of aromatic nitrogens is 1. The molecule has 5 rings (SSSR count). The normalized spacial score (nSPS) is 29.4. The highest BCUT2D eigenvalue weighted by Gasteiger charge is 2.47. The third-order valence-electron chi connectivity index (χ3n) is 6.16. The number of hydrogen-bond acceptors (Lipinski definition) is 3. The summed E-state index contributed by atoms with van der Waals surface area (Å²) in [5.41, 5.74) is 2.55. The number of likely N-dealkylation sites (N-methyl/N-ethyl adjacent to an activating group) is 1. The van der Waals surface area contributed by atoms with Gasteiger partial charge in [-0.2, -0.15) is 0 Å². The van der Waals surface area contributed by atoms with Crippen molar-refractivity contribution in [2.75, 3.05) is 7.05 Å². The quantitative estimate of drug-likeness (QED) is 0.578. The number of fused-ring (bicyclic) bond motifs is 3. The average Bonchev–Trinajstić information content (AvgIpc) is 3.14. The summed E-state index contributed by atoms with van der Waals surface area (Å²) >= 11 is 8.01. The van der Waals surface area contributed by atoms with E-state index < -0.39 is 0 Å². The van der Waals surface area contributed by atoms with Crippen LogP contribution < -0.4 is 0 Å². The number of hydrogen-bond donors (Lipinski definition) is 0. The van der Waals surface area contributed by atoms with Crippen LogP contribution in [0.5, 0.6) is 0 Å². The first-order chi connectivity index (χ1) is 12.2. The lowest BCUT2D eigenvalue weighted by atomic mass is 9.76. The van der Waals surface area contributed by atoms with Crippen LogP contribution >= 0.6 is 22.9 Å². The van der Waals surface area contributed by atoms with Crippen molar-refractivity contribution in [1.29, 1.82) is 0 Å². The Bertz CT molecular complexity index is 871. The van der Waals surface area contributed by atoms with E-state index in [-0.39, 0.29) is 0 Å². The van der Waals surface area contributed by atoms with Gasteiger partial charge in [0.1, 0.15) is 0 Å². The molecule has 0 spiro atoms. The average molecular weight is 369 g/mol. The van der Waals surface area contributed by atoms with Crippen molar-refractivity contribution in [3.63, 3.8) is 0 Å². The van der Waals surface area contributed by atoms with E-state index in [2.05, 4.69) is 48.3 Å². The van der Waals surface area contributed by atoms with Gasteiger partial charge in [-0.3, -0.25) is 4.90 Å². The van der Waals surface area contributed by atoms with Gasteiger partial charge < -0.3 is 0 Å². The van der Waals surface area contributed by atoms with Crippen molar-refractivity contribution in [3.8, 4) is 0 Å². The molecule has 2 nitrogen and oxygen atoms in total. The molecule has 1 aromatic heterocycles. The van der Waals surface area contributed by atoms with Gasteiger partial charge in [0.2, 0.25) is 0 Å². The Morgan fingerprint density at radius 2 is 1.88 bits per heavy atom. The Morgan fingerprint density at radius 1 is 1.08 bits per heavy atom. The van der Waals surface area contributed by atoms with Gasteiger partial charge in [-0.25, -0.2) is 4.98 Å². The molecule has 2 fully saturated rings. The number of para-hydroxylation sites is 1. The molecule has 2 aliphatic rings. The van der Waals surface area contributed by atoms with Gasteiger partial charge in [-0.15, -0.1) is 11.3 Å². The van der Waals surface area contributed by atoms with E-state index in [1.54, 1.807) is 0 Å². The Hall–Kier alpha value is -1.42. The minimum Gasteiger partial charge on any atom is -0.300 e. The van der Waals surface area contributed by atoms with Crippen LogP contribution in [0.2, 0.25) is 5.02 Å². The minimum atomic E-state index is 0.474. The topological polar surface area (TPSA) is 16.1 Å². The molecule has 2 aliphatic heterocycles. The summed E-state index contributed by atoms with van der Waals surface area (Å²) in [6.07, 6.45) is 3.81. The summed E-state index contributed by atoms with van der Waals surface area (Å²) in [4.78, 5) is 7.66. The molecule has 3 aromatic rings. The van der Waals surface area contributed by atoms with Gasteiger partial charge >= 0.3 is 0 Å². The Balaban J connectivity index is 1.62. The Labute approximate surface area is 157 Å². The van der Waals surface area contributed by atoms with E-state index >= 15 is 0 Å². The van der Waals surface area contributed by atoms with Crippen LogP contribution in [0.3, 0.4) is 0 Å². The van der Waals surface area contributed by atoms with Crippen molar-refractivity contribution in [2.45, 2.75) is 43.2 Å². The molecule has 3 heterocycles. The van der Waals surface area contributed by atoms with Crippen LogP contribution in [-0.4, -0.2) is 29.0 Å². The molecule has 0 radical (unpaired) electrons. The van der Waals surface area contributed by atoms with Crippen molar-refractivity contribution in [3.05, 3.63) is 64.1 Å². The second-order valence-corrected chi connectivity index (χ2v) is 8.90. The lowest BCUT2D eigenvalue weighted by Crippen LogP contribution is -2.44. The fourth-order valence-electron chi connectivity index (χ4n) is 4.89. The maximum atomic E-state index is 6.13. The van der Waals surface area contributed by atoms with Gasteiger partial charge in [0.25, 0.3) is 0 Å². The summed E-state index contributed by atoms with van der Waals surface area (Å²) < 4.78 is 1.30. The first-order valence-corrected chi connectivity index (χ1v) is 10.2. The number of rotatable bonds is 2. The SMILES string of the molecule is CN1C2CCC1[C@@H](c1nc3ccccc3s1)[C@@H](c1ccc(Cl)cc1)C2. The van der Waals surface area contributed by atoms with Crippen molar-refractivity contribution >= 4 is 33.2 Å². The summed E-state index contributed by atoms with van der Waals surface area (Å²) in [6.45, 7) is 0. The van der Waals surface area contributed by atoms with E-state index in [0.29, 0.717) is 23.9 Å². The predicted octanol–water partition coefficient (Wildman–Crippen LogP) is 5.68. The van der Waals surface area contributed by atoms with E-state index in [0.717, 1.165) is 10.5 Å². The molecule has 128 valence electrons. The van der Waals surface area contributed by atoms with Crippen molar-refractivity contribution in [2.24, 2.45) is 0 Å². The molecule has 0 aliphatic carbocycles. The third kappa shape index (κ3) is 2.61. The Kier molecular flexibility index (Phi) is 3.85. The highest BCUT2D eigenvalue weighted by atomic mass is 35.5. The standard InChI is InChI=1S/C21H21ClN2S/c1-24-15-10-11-18(24)20(16(12-15)13-6-8-14(22)9-7-13)21-23-17-4-2-3-5-19(17)25-21/h2-9,15-16,18,20H,10-12H2,1H3/t15?,16-,18?,20+/m1/s1. The number of thiazole rings is 1. The molecule has 0 amide bonds. The summed E-state index contributed by atoms with van der Waals surface area (Å²) in [5, 5.41) is 2.12. The zero-order valence-electron chi connectivity index (χ0n) is 14.2. The van der Waals surface area contributed by atoms with Crippen LogP contribution in [-0.2, 0) is 0 Å². The van der Waals surface area contributed by atoms with E-state index in [1.165, 1.54) is 34.5 Å². The smallest absolute Gasteiger partial charge is 0.0991 e. The second-order valence-electron chi connectivity index (χ2n) is 7.40. The zero-order chi connectivity index (χ0) is 17.0. The molecule has 25 heavy (non-hydrogen) atoms. The molecule has 2 aromatic carbocycles. The number of piperidine rings is 1. The van der Waals surface area contributed by atoms with Crippen LogP contribution in [0.1, 0.15) is 41.7 Å². The minimum absolute atomic E-state index is 0.474. The highest BCUT2D eigenvalue weighted by Crippen LogP contribution is 2.52. The van der Waals surface area contributed by atoms with Crippen molar-refractivity contribution < 1.29 is 0 Å². The van der Waals surface area contributed by atoms with Gasteiger partial charge in [0.15, 0.2) is 0 Å². The largest absolute Gasteiger partial charge is 0.300 e. The van der Waals surface area contributed by atoms with Crippen LogP contribution in [0.4, 0.5) is 0 Å². The van der Waals surface area contributed by atoms with Crippen molar-refractivity contribution in [1.82, 2.24) is 9.88 Å². The van der Waals surface area contributed by atoms with Crippen LogP contribution in [0, 0.1) is 0 Å². The summed E-state index contributed by atoms with van der Waals surface area (Å²) in [7, 11) is 2.31. The third-order valence-corrected chi connectivity index (χ3v) is 7.55. The fraction of sp³-hybridized carbons (Fsp3) is 0.381. The lowest BCUT2D eigenvalue weighted by Gasteiger charge is -2.42. The fourth-order valence-corrected chi connectivity index (χ4v) is 6.21. The number of nitrogens with zero attached hydrogens (tertiary/aromatic N) is 2. The maximum Gasteiger partial charge on any atom is 0.0991 e. The van der Waals surface area contributed by atoms with Gasteiger partial charge in [0.05, 0.1) is 15.2 Å². The monoisotopic (exact) mass is 368 g/mol. The molecule has 0 saturated carbocycles. The summed E-state index contributed by atoms with van der Waals surface area (Å²) in [6, 6.07) is 18.3. The Morgan fingerprint density at radius 3 is 2.68 bits per heavy atom. The van der Waals surface area contributed by atoms with Gasteiger partial charge in [0, 0.05) is 23.0 Å². The molecule has 2 bridgehead atoms. The van der Waals surface area contributed by atoms with Crippen LogP contribution in [0.15, 0.2) is 48.5 Å². The predicted molar refractivity (Wildman–Crippen MR) is 106 cm³/mol. The first-order valence-electron chi connectivity index (χ1n) is 9.03. The van der Waals surface area contributed by atoms with Gasteiger partial charge in [-0.1, -0.05) is 35.9 Å². The molecule has 0 N–H and O–H groups in total. The number of halogens is 1. The molecular formula is C21H21ClN2S. The summed E-state index contributed by atoms with van der Waals surface area (Å²) in [5.74, 6) is 1.01. The molecule has 4 atom stereocenters. The first kappa shape index (κ1) is 15.8.